The zero-order valence-corrected chi connectivity index (χ0v) is 12.3. The minimum Gasteiger partial charge on any atom is -0.469 e. The number of nitrogens with zero attached hydrogens (tertiary/aromatic N) is 1. The van der Waals surface area contributed by atoms with Crippen LogP contribution in [0, 0.1) is 12.7 Å². The molecule has 6 nitrogen and oxygen atoms in total. The van der Waals surface area contributed by atoms with Crippen molar-refractivity contribution in [1.29, 1.82) is 0 Å². The monoisotopic (exact) mass is 304 g/mol. The number of ether oxygens (including phenoxy) is 1. The van der Waals surface area contributed by atoms with Gasteiger partial charge in [-0.3, -0.25) is 9.52 Å². The van der Waals surface area contributed by atoms with Crippen molar-refractivity contribution in [3.8, 4) is 0 Å². The molecule has 0 unspecified atom stereocenters. The van der Waals surface area contributed by atoms with Gasteiger partial charge in [-0.05, 0) is 24.6 Å². The van der Waals surface area contributed by atoms with E-state index in [0.717, 1.165) is 4.31 Å². The molecule has 0 saturated heterocycles. The average Bonchev–Trinajstić information content (AvgIpc) is 2.38. The fourth-order valence-electron chi connectivity index (χ4n) is 1.39. The molecule has 112 valence electrons. The summed E-state index contributed by atoms with van der Waals surface area (Å²) in [5.74, 6) is -1.18. The van der Waals surface area contributed by atoms with Gasteiger partial charge >= 0.3 is 16.2 Å². The van der Waals surface area contributed by atoms with Crippen LogP contribution in [0.4, 0.5) is 10.1 Å². The minimum atomic E-state index is -3.92. The second kappa shape index (κ2) is 6.67. The first-order chi connectivity index (χ1) is 9.26. The number of carbonyl (C=O) groups excluding carboxylic acids is 1. The minimum absolute atomic E-state index is 0.0600. The lowest BCUT2D eigenvalue weighted by molar-refractivity contribution is -0.140. The van der Waals surface area contributed by atoms with E-state index in [2.05, 4.69) is 9.46 Å². The molecule has 0 radical (unpaired) electrons. The Labute approximate surface area is 117 Å². The lowest BCUT2D eigenvalue weighted by Gasteiger charge is -2.18. The predicted molar refractivity (Wildman–Crippen MR) is 72.9 cm³/mol. The van der Waals surface area contributed by atoms with Crippen molar-refractivity contribution in [2.24, 2.45) is 0 Å². The van der Waals surface area contributed by atoms with Crippen molar-refractivity contribution in [2.75, 3.05) is 25.4 Å². The summed E-state index contributed by atoms with van der Waals surface area (Å²) in [4.78, 5) is 11.0. The number of halogens is 1. The number of anilines is 1. The third-order valence-corrected chi connectivity index (χ3v) is 4.11. The van der Waals surface area contributed by atoms with Crippen LogP contribution in [-0.4, -0.2) is 39.4 Å². The van der Waals surface area contributed by atoms with E-state index < -0.39 is 22.0 Å². The number of nitrogens with one attached hydrogen (secondary N) is 1. The molecule has 8 heteroatoms. The molecule has 0 saturated carbocycles. The first-order valence-corrected chi connectivity index (χ1v) is 7.27. The highest BCUT2D eigenvalue weighted by Gasteiger charge is 2.20. The topological polar surface area (TPSA) is 75.7 Å². The van der Waals surface area contributed by atoms with Crippen molar-refractivity contribution in [3.05, 3.63) is 29.6 Å². The van der Waals surface area contributed by atoms with E-state index in [9.17, 15) is 17.6 Å². The van der Waals surface area contributed by atoms with E-state index in [-0.39, 0.29) is 18.7 Å². The van der Waals surface area contributed by atoms with Gasteiger partial charge < -0.3 is 4.74 Å². The van der Waals surface area contributed by atoms with Gasteiger partial charge in [-0.1, -0.05) is 6.07 Å². The Morgan fingerprint density at radius 1 is 1.45 bits per heavy atom. The molecule has 0 spiro atoms. The molecular weight excluding hydrogens is 287 g/mol. The predicted octanol–water partition coefficient (Wildman–Crippen LogP) is 1.29. The van der Waals surface area contributed by atoms with E-state index in [1.54, 1.807) is 13.0 Å². The molecule has 0 fully saturated rings. The van der Waals surface area contributed by atoms with Gasteiger partial charge in [0.2, 0.25) is 0 Å². The standard InChI is InChI=1S/C12H17FN2O4S/c1-9-4-5-11(10(13)8-9)14-20(17,18)15(2)7-6-12(16)19-3/h4-5,8,14H,6-7H2,1-3H3. The fourth-order valence-corrected chi connectivity index (χ4v) is 2.32. The van der Waals surface area contributed by atoms with Gasteiger partial charge in [0, 0.05) is 13.6 Å². The number of esters is 1. The number of hydrogen-bond acceptors (Lipinski definition) is 4. The Morgan fingerprint density at radius 2 is 2.10 bits per heavy atom. The Kier molecular flexibility index (Phi) is 5.46. The molecule has 1 rings (SSSR count). The summed E-state index contributed by atoms with van der Waals surface area (Å²) < 4.78 is 44.9. The molecule has 0 aliphatic heterocycles. The van der Waals surface area contributed by atoms with Gasteiger partial charge in [-0.2, -0.15) is 12.7 Å². The van der Waals surface area contributed by atoms with E-state index >= 15 is 0 Å². The normalized spacial score (nSPS) is 11.4. The van der Waals surface area contributed by atoms with Crippen LogP contribution in [0.25, 0.3) is 0 Å². The zero-order chi connectivity index (χ0) is 15.3. The fraction of sp³-hybridized carbons (Fsp3) is 0.417. The summed E-state index contributed by atoms with van der Waals surface area (Å²) in [6.07, 6.45) is -0.0791. The number of hydrogen-bond donors (Lipinski definition) is 1. The van der Waals surface area contributed by atoms with Crippen molar-refractivity contribution < 1.29 is 22.3 Å². The Balaban J connectivity index is 2.76. The third-order valence-electron chi connectivity index (χ3n) is 2.63. The number of rotatable bonds is 6. The van der Waals surface area contributed by atoms with Gasteiger partial charge in [0.25, 0.3) is 0 Å². The summed E-state index contributed by atoms with van der Waals surface area (Å²) in [6.45, 7) is 1.64. The highest BCUT2D eigenvalue weighted by atomic mass is 32.2. The van der Waals surface area contributed by atoms with Crippen LogP contribution in [0.15, 0.2) is 18.2 Å². The largest absolute Gasteiger partial charge is 0.469 e. The summed E-state index contributed by atoms with van der Waals surface area (Å²) in [6, 6.07) is 4.16. The quantitative estimate of drug-likeness (QED) is 0.803. The van der Waals surface area contributed by atoms with Crippen molar-refractivity contribution in [2.45, 2.75) is 13.3 Å². The molecule has 1 aromatic carbocycles. The third kappa shape index (κ3) is 4.46. The van der Waals surface area contributed by atoms with Crippen LogP contribution in [0.2, 0.25) is 0 Å². The van der Waals surface area contributed by atoms with Gasteiger partial charge in [0.1, 0.15) is 5.82 Å². The summed E-state index contributed by atoms with van der Waals surface area (Å²) in [7, 11) is -1.41. The second-order valence-corrected chi connectivity index (χ2v) is 6.02. The van der Waals surface area contributed by atoms with E-state index in [0.29, 0.717) is 5.56 Å². The van der Waals surface area contributed by atoms with Gasteiger partial charge in [0.15, 0.2) is 0 Å². The lowest BCUT2D eigenvalue weighted by atomic mass is 10.2. The molecule has 0 heterocycles. The maximum atomic E-state index is 13.6. The number of carbonyl (C=O) groups is 1. The van der Waals surface area contributed by atoms with Gasteiger partial charge in [0.05, 0.1) is 19.2 Å². The molecular formula is C12H17FN2O4S. The summed E-state index contributed by atoms with van der Waals surface area (Å²) in [5, 5.41) is 0. The summed E-state index contributed by atoms with van der Waals surface area (Å²) >= 11 is 0. The van der Waals surface area contributed by atoms with Crippen molar-refractivity contribution in [3.63, 3.8) is 0 Å². The van der Waals surface area contributed by atoms with Crippen LogP contribution < -0.4 is 4.72 Å². The molecule has 0 atom stereocenters. The highest BCUT2D eigenvalue weighted by Crippen LogP contribution is 2.17. The average molecular weight is 304 g/mol. The number of benzene rings is 1. The molecule has 0 aliphatic carbocycles. The molecule has 20 heavy (non-hydrogen) atoms. The molecule has 0 aliphatic rings. The SMILES string of the molecule is COC(=O)CCN(C)S(=O)(=O)Nc1ccc(C)cc1F. The molecule has 1 N–H and O–H groups in total. The number of aryl methyl sites for hydroxylation is 1. The molecule has 0 amide bonds. The van der Waals surface area contributed by atoms with Crippen LogP contribution in [-0.2, 0) is 19.7 Å². The first-order valence-electron chi connectivity index (χ1n) is 5.83. The van der Waals surface area contributed by atoms with Crippen molar-refractivity contribution >= 4 is 21.9 Å². The summed E-state index contributed by atoms with van der Waals surface area (Å²) in [5.41, 5.74) is 0.546. The number of methoxy groups -OCH3 is 1. The van der Waals surface area contributed by atoms with Crippen molar-refractivity contribution in [1.82, 2.24) is 4.31 Å². The first kappa shape index (κ1) is 16.4. The Hall–Kier alpha value is -1.67. The van der Waals surface area contributed by atoms with E-state index in [1.165, 1.54) is 26.3 Å². The second-order valence-electron chi connectivity index (χ2n) is 4.24. The Bertz CT molecular complexity index is 589. The maximum Gasteiger partial charge on any atom is 0.306 e. The zero-order valence-electron chi connectivity index (χ0n) is 11.5. The van der Waals surface area contributed by atoms with E-state index in [1.807, 2.05) is 0 Å². The molecule has 0 bridgehead atoms. The smallest absolute Gasteiger partial charge is 0.306 e. The Morgan fingerprint density at radius 3 is 2.65 bits per heavy atom. The highest BCUT2D eigenvalue weighted by molar-refractivity contribution is 7.90. The maximum absolute atomic E-state index is 13.6. The van der Waals surface area contributed by atoms with Crippen LogP contribution in [0.1, 0.15) is 12.0 Å². The van der Waals surface area contributed by atoms with E-state index in [4.69, 9.17) is 0 Å². The molecule has 1 aromatic rings. The molecule has 0 aromatic heterocycles. The van der Waals surface area contributed by atoms with Gasteiger partial charge in [-0.25, -0.2) is 4.39 Å². The van der Waals surface area contributed by atoms with Crippen LogP contribution in [0.3, 0.4) is 0 Å². The van der Waals surface area contributed by atoms with Gasteiger partial charge in [-0.15, -0.1) is 0 Å². The van der Waals surface area contributed by atoms with Crippen LogP contribution in [0.5, 0.6) is 0 Å². The lowest BCUT2D eigenvalue weighted by Crippen LogP contribution is -2.34. The van der Waals surface area contributed by atoms with Crippen LogP contribution >= 0.6 is 0 Å².